The Labute approximate surface area is 121 Å². The van der Waals surface area contributed by atoms with Crippen LogP contribution in [0.5, 0.6) is 11.5 Å². The Morgan fingerprint density at radius 1 is 1.10 bits per heavy atom. The molecule has 0 saturated carbocycles. The van der Waals surface area contributed by atoms with Crippen molar-refractivity contribution in [2.24, 2.45) is 11.8 Å². The molecule has 2 unspecified atom stereocenters. The summed E-state index contributed by atoms with van der Waals surface area (Å²) in [5.74, 6) is 2.73. The Hall–Kier alpha value is -1.26. The summed E-state index contributed by atoms with van der Waals surface area (Å²) in [5.41, 5.74) is 0.860. The fraction of sp³-hybridized carbons (Fsp3) is 0.625. The molecule has 4 nitrogen and oxygen atoms in total. The number of ether oxygens (including phenoxy) is 2. The first kappa shape index (κ1) is 15.1. The maximum absolute atomic E-state index is 10.2. The minimum absolute atomic E-state index is 0.523. The molecule has 1 aliphatic rings. The van der Waals surface area contributed by atoms with Crippen LogP contribution in [0.1, 0.15) is 32.4 Å². The number of aliphatic hydroxyl groups is 1. The second-order valence-electron chi connectivity index (χ2n) is 5.80. The molecular weight excluding hydrogens is 254 g/mol. The lowest BCUT2D eigenvalue weighted by Crippen LogP contribution is -2.28. The highest BCUT2D eigenvalue weighted by Gasteiger charge is 2.15. The maximum Gasteiger partial charge on any atom is 0.161 e. The number of fused-ring (bicyclic) bond motifs is 1. The summed E-state index contributed by atoms with van der Waals surface area (Å²) in [7, 11) is 0. The van der Waals surface area contributed by atoms with Crippen LogP contribution in [0.4, 0.5) is 0 Å². The summed E-state index contributed by atoms with van der Waals surface area (Å²) in [4.78, 5) is 0. The third-order valence-corrected chi connectivity index (χ3v) is 3.89. The molecule has 0 amide bonds. The zero-order valence-electron chi connectivity index (χ0n) is 12.6. The molecule has 4 heteroatoms. The van der Waals surface area contributed by atoms with Gasteiger partial charge in [0.15, 0.2) is 11.5 Å². The Kier molecular flexibility index (Phi) is 5.26. The molecule has 0 saturated heterocycles. The lowest BCUT2D eigenvalue weighted by molar-refractivity contribution is 0.162. The van der Waals surface area contributed by atoms with E-state index in [0.717, 1.165) is 23.6 Å². The van der Waals surface area contributed by atoms with E-state index in [1.54, 1.807) is 0 Å². The Balaban J connectivity index is 1.87. The SMILES string of the molecule is CC(C)C(C)CNCC(O)c1ccc2c(c1)OCCO2. The lowest BCUT2D eigenvalue weighted by Gasteiger charge is -2.21. The maximum atomic E-state index is 10.2. The van der Waals surface area contributed by atoms with Gasteiger partial charge < -0.3 is 19.9 Å². The predicted octanol–water partition coefficient (Wildman–Crippen LogP) is 2.37. The van der Waals surface area contributed by atoms with Crippen LogP contribution >= 0.6 is 0 Å². The monoisotopic (exact) mass is 279 g/mol. The van der Waals surface area contributed by atoms with Crippen molar-refractivity contribution in [3.05, 3.63) is 23.8 Å². The molecule has 20 heavy (non-hydrogen) atoms. The third-order valence-electron chi connectivity index (χ3n) is 3.89. The van der Waals surface area contributed by atoms with Crippen molar-refractivity contribution < 1.29 is 14.6 Å². The minimum Gasteiger partial charge on any atom is -0.486 e. The van der Waals surface area contributed by atoms with Crippen molar-refractivity contribution in [1.82, 2.24) is 5.32 Å². The Bertz CT molecular complexity index is 434. The molecule has 0 bridgehead atoms. The van der Waals surface area contributed by atoms with Crippen LogP contribution in [-0.2, 0) is 0 Å². The van der Waals surface area contributed by atoms with Gasteiger partial charge in [0.1, 0.15) is 13.2 Å². The van der Waals surface area contributed by atoms with E-state index < -0.39 is 6.10 Å². The smallest absolute Gasteiger partial charge is 0.161 e. The third kappa shape index (κ3) is 3.87. The molecule has 1 aromatic carbocycles. The lowest BCUT2D eigenvalue weighted by atomic mass is 9.98. The number of hydrogen-bond acceptors (Lipinski definition) is 4. The summed E-state index contributed by atoms with van der Waals surface area (Å²) in [5, 5.41) is 13.5. The standard InChI is InChI=1S/C16H25NO3/c1-11(2)12(3)9-17-10-14(18)13-4-5-15-16(8-13)20-7-6-19-15/h4-5,8,11-12,14,17-18H,6-7,9-10H2,1-3H3. The summed E-state index contributed by atoms with van der Waals surface area (Å²) >= 11 is 0. The molecule has 2 rings (SSSR count). The van der Waals surface area contributed by atoms with E-state index in [4.69, 9.17) is 9.47 Å². The summed E-state index contributed by atoms with van der Waals surface area (Å²) < 4.78 is 11.0. The van der Waals surface area contributed by atoms with Crippen molar-refractivity contribution in [3.8, 4) is 11.5 Å². The zero-order valence-corrected chi connectivity index (χ0v) is 12.6. The average Bonchev–Trinajstić information content (AvgIpc) is 2.46. The van der Waals surface area contributed by atoms with Crippen LogP contribution in [0.25, 0.3) is 0 Å². The highest BCUT2D eigenvalue weighted by Crippen LogP contribution is 2.32. The quantitative estimate of drug-likeness (QED) is 0.839. The van der Waals surface area contributed by atoms with Gasteiger partial charge in [-0.1, -0.05) is 26.8 Å². The van der Waals surface area contributed by atoms with E-state index in [9.17, 15) is 5.11 Å². The van der Waals surface area contributed by atoms with Crippen LogP contribution in [0.2, 0.25) is 0 Å². The second kappa shape index (κ2) is 6.95. The van der Waals surface area contributed by atoms with Crippen molar-refractivity contribution in [2.75, 3.05) is 26.3 Å². The number of nitrogens with one attached hydrogen (secondary N) is 1. The summed E-state index contributed by atoms with van der Waals surface area (Å²) in [6, 6.07) is 5.63. The van der Waals surface area contributed by atoms with Crippen LogP contribution in [0, 0.1) is 11.8 Å². The van der Waals surface area contributed by atoms with Gasteiger partial charge in [0.25, 0.3) is 0 Å². The van der Waals surface area contributed by atoms with Crippen molar-refractivity contribution in [3.63, 3.8) is 0 Å². The van der Waals surface area contributed by atoms with Gasteiger partial charge in [0.05, 0.1) is 6.10 Å². The Morgan fingerprint density at radius 2 is 1.80 bits per heavy atom. The van der Waals surface area contributed by atoms with Crippen LogP contribution in [0.3, 0.4) is 0 Å². The van der Waals surface area contributed by atoms with Crippen LogP contribution in [0.15, 0.2) is 18.2 Å². The zero-order chi connectivity index (χ0) is 14.5. The van der Waals surface area contributed by atoms with Gasteiger partial charge in [-0.15, -0.1) is 0 Å². The van der Waals surface area contributed by atoms with Crippen LogP contribution < -0.4 is 14.8 Å². The largest absolute Gasteiger partial charge is 0.486 e. The summed E-state index contributed by atoms with van der Waals surface area (Å²) in [6.07, 6.45) is -0.523. The van der Waals surface area contributed by atoms with Gasteiger partial charge in [-0.05, 0) is 36.1 Å². The topological polar surface area (TPSA) is 50.7 Å². The number of benzene rings is 1. The minimum atomic E-state index is -0.523. The number of aliphatic hydroxyl groups excluding tert-OH is 1. The van der Waals surface area contributed by atoms with Gasteiger partial charge >= 0.3 is 0 Å². The van der Waals surface area contributed by atoms with E-state index in [0.29, 0.717) is 31.6 Å². The molecule has 0 aromatic heterocycles. The fourth-order valence-electron chi connectivity index (χ4n) is 2.07. The normalized spacial score (nSPS) is 17.1. The predicted molar refractivity (Wildman–Crippen MR) is 79.3 cm³/mol. The van der Waals surface area contributed by atoms with Gasteiger partial charge in [-0.2, -0.15) is 0 Å². The average molecular weight is 279 g/mol. The molecule has 0 radical (unpaired) electrons. The molecule has 0 spiro atoms. The molecular formula is C16H25NO3. The number of hydrogen-bond donors (Lipinski definition) is 2. The van der Waals surface area contributed by atoms with Gasteiger partial charge in [-0.25, -0.2) is 0 Å². The van der Waals surface area contributed by atoms with Gasteiger partial charge in [0, 0.05) is 6.54 Å². The van der Waals surface area contributed by atoms with Crippen LogP contribution in [-0.4, -0.2) is 31.4 Å². The number of rotatable bonds is 6. The molecule has 0 fully saturated rings. The van der Waals surface area contributed by atoms with Gasteiger partial charge in [-0.3, -0.25) is 0 Å². The van der Waals surface area contributed by atoms with E-state index >= 15 is 0 Å². The first-order valence-corrected chi connectivity index (χ1v) is 7.36. The van der Waals surface area contributed by atoms with Crippen molar-refractivity contribution in [1.29, 1.82) is 0 Å². The Morgan fingerprint density at radius 3 is 2.50 bits per heavy atom. The molecule has 0 aliphatic carbocycles. The van der Waals surface area contributed by atoms with Crippen molar-refractivity contribution in [2.45, 2.75) is 26.9 Å². The molecule has 2 N–H and O–H groups in total. The van der Waals surface area contributed by atoms with E-state index in [1.807, 2.05) is 18.2 Å². The fourth-order valence-corrected chi connectivity index (χ4v) is 2.07. The van der Waals surface area contributed by atoms with E-state index in [2.05, 4.69) is 26.1 Å². The van der Waals surface area contributed by atoms with E-state index in [1.165, 1.54) is 0 Å². The highest BCUT2D eigenvalue weighted by atomic mass is 16.6. The highest BCUT2D eigenvalue weighted by molar-refractivity contribution is 5.44. The molecule has 1 heterocycles. The molecule has 1 aromatic rings. The molecule has 1 aliphatic heterocycles. The second-order valence-corrected chi connectivity index (χ2v) is 5.80. The first-order valence-electron chi connectivity index (χ1n) is 7.36. The van der Waals surface area contributed by atoms with Gasteiger partial charge in [0.2, 0.25) is 0 Å². The first-order chi connectivity index (χ1) is 9.58. The summed E-state index contributed by atoms with van der Waals surface area (Å²) in [6.45, 7) is 9.26. The van der Waals surface area contributed by atoms with Crippen molar-refractivity contribution >= 4 is 0 Å². The van der Waals surface area contributed by atoms with E-state index in [-0.39, 0.29) is 0 Å². The molecule has 2 atom stereocenters. The molecule has 112 valence electrons.